The van der Waals surface area contributed by atoms with E-state index in [1.165, 1.54) is 12.3 Å². The molecule has 0 spiro atoms. The predicted octanol–water partition coefficient (Wildman–Crippen LogP) is 1.18. The van der Waals surface area contributed by atoms with Gasteiger partial charge in [-0.15, -0.1) is 0 Å². The van der Waals surface area contributed by atoms with Crippen molar-refractivity contribution in [3.8, 4) is 0 Å². The van der Waals surface area contributed by atoms with Crippen molar-refractivity contribution in [2.24, 2.45) is 5.73 Å². The molecular formula is C13H12N4O. The molecule has 0 aliphatic carbocycles. The monoisotopic (exact) mass is 240 g/mol. The van der Waals surface area contributed by atoms with Crippen molar-refractivity contribution in [1.29, 1.82) is 5.41 Å². The summed E-state index contributed by atoms with van der Waals surface area (Å²) in [6, 6.07) is 10.2. The van der Waals surface area contributed by atoms with Gasteiger partial charge in [-0.2, -0.15) is 0 Å². The molecule has 2 rings (SSSR count). The molecule has 2 aromatic rings. The van der Waals surface area contributed by atoms with Crippen molar-refractivity contribution >= 4 is 17.3 Å². The maximum atomic E-state index is 12.1. The third-order valence-electron chi connectivity index (χ3n) is 2.48. The van der Waals surface area contributed by atoms with Gasteiger partial charge in [-0.05, 0) is 6.07 Å². The highest BCUT2D eigenvalue weighted by molar-refractivity contribution is 6.11. The second-order valence-corrected chi connectivity index (χ2v) is 3.77. The highest BCUT2D eigenvalue weighted by Crippen LogP contribution is 2.15. The lowest BCUT2D eigenvalue weighted by Gasteiger charge is -2.05. The molecule has 0 unspecified atom stereocenters. The molecule has 1 aromatic carbocycles. The highest BCUT2D eigenvalue weighted by atomic mass is 16.1. The van der Waals surface area contributed by atoms with Gasteiger partial charge in [0.2, 0.25) is 5.78 Å². The Hall–Kier alpha value is -2.69. The first-order valence-electron chi connectivity index (χ1n) is 5.29. The summed E-state index contributed by atoms with van der Waals surface area (Å²) in [6.07, 6.45) is 1.37. The van der Waals surface area contributed by atoms with Crippen molar-refractivity contribution in [2.75, 3.05) is 5.73 Å². The fourth-order valence-electron chi connectivity index (χ4n) is 1.55. The number of hydrogen-bond acceptors (Lipinski definition) is 4. The Kier molecular flexibility index (Phi) is 3.05. The molecule has 0 bridgehead atoms. The molecule has 0 saturated heterocycles. The van der Waals surface area contributed by atoms with Crippen LogP contribution in [0, 0.1) is 5.41 Å². The number of carbonyl (C=O) groups excluding carboxylic acids is 1. The lowest BCUT2D eigenvalue weighted by atomic mass is 10.1. The van der Waals surface area contributed by atoms with E-state index in [1.807, 2.05) is 6.07 Å². The van der Waals surface area contributed by atoms with E-state index in [0.29, 0.717) is 11.1 Å². The van der Waals surface area contributed by atoms with Crippen LogP contribution in [0.2, 0.25) is 0 Å². The number of ketones is 1. The highest BCUT2D eigenvalue weighted by Gasteiger charge is 2.14. The topological polar surface area (TPSA) is 106 Å². The van der Waals surface area contributed by atoms with E-state index in [-0.39, 0.29) is 23.0 Å². The van der Waals surface area contributed by atoms with Gasteiger partial charge < -0.3 is 11.5 Å². The molecule has 0 aliphatic rings. The van der Waals surface area contributed by atoms with Gasteiger partial charge in [-0.1, -0.05) is 30.3 Å². The average Bonchev–Trinajstić information content (AvgIpc) is 2.38. The number of carbonyl (C=O) groups is 1. The Morgan fingerprint density at radius 2 is 1.83 bits per heavy atom. The summed E-state index contributed by atoms with van der Waals surface area (Å²) >= 11 is 0. The number of amidine groups is 1. The maximum Gasteiger partial charge on any atom is 0.213 e. The number of rotatable bonds is 3. The lowest BCUT2D eigenvalue weighted by molar-refractivity contribution is 0.103. The molecule has 5 N–H and O–H groups in total. The minimum atomic E-state index is -0.247. The van der Waals surface area contributed by atoms with E-state index in [0.717, 1.165) is 0 Å². The first kappa shape index (κ1) is 11.8. The molecule has 1 aromatic heterocycles. The number of nitrogens with one attached hydrogen (secondary N) is 1. The first-order chi connectivity index (χ1) is 8.59. The molecule has 0 atom stereocenters. The summed E-state index contributed by atoms with van der Waals surface area (Å²) in [6.45, 7) is 0. The Labute approximate surface area is 104 Å². The number of nitrogens with two attached hydrogens (primary N) is 2. The third kappa shape index (κ3) is 2.20. The molecule has 0 aliphatic heterocycles. The van der Waals surface area contributed by atoms with Gasteiger partial charge >= 0.3 is 0 Å². The summed E-state index contributed by atoms with van der Waals surface area (Å²) in [5.41, 5.74) is 12.4. The van der Waals surface area contributed by atoms with Gasteiger partial charge in [0.25, 0.3) is 0 Å². The van der Waals surface area contributed by atoms with Crippen molar-refractivity contribution < 1.29 is 4.79 Å². The largest absolute Gasteiger partial charge is 0.397 e. The summed E-state index contributed by atoms with van der Waals surface area (Å²) in [4.78, 5) is 16.1. The summed E-state index contributed by atoms with van der Waals surface area (Å²) in [5.74, 6) is -0.379. The van der Waals surface area contributed by atoms with Gasteiger partial charge in [-0.3, -0.25) is 10.2 Å². The Bertz CT molecular complexity index is 608. The third-order valence-corrected chi connectivity index (χ3v) is 2.48. The molecule has 90 valence electrons. The Morgan fingerprint density at radius 1 is 1.17 bits per heavy atom. The van der Waals surface area contributed by atoms with Gasteiger partial charge in [-0.25, -0.2) is 4.98 Å². The Balaban J connectivity index is 2.41. The molecule has 5 heteroatoms. The van der Waals surface area contributed by atoms with Crippen LogP contribution < -0.4 is 11.5 Å². The molecule has 0 radical (unpaired) electrons. The number of nitrogen functional groups attached to an aromatic ring is 2. The first-order valence-corrected chi connectivity index (χ1v) is 5.29. The zero-order valence-electron chi connectivity index (χ0n) is 9.55. The van der Waals surface area contributed by atoms with Gasteiger partial charge in [0.1, 0.15) is 11.5 Å². The molecule has 18 heavy (non-hydrogen) atoms. The van der Waals surface area contributed by atoms with Gasteiger partial charge in [0.05, 0.1) is 5.69 Å². The molecule has 1 heterocycles. The number of aromatic nitrogens is 1. The van der Waals surface area contributed by atoms with Crippen LogP contribution in [0.15, 0.2) is 42.6 Å². The van der Waals surface area contributed by atoms with Crippen molar-refractivity contribution in [2.45, 2.75) is 0 Å². The number of anilines is 1. The van der Waals surface area contributed by atoms with Crippen LogP contribution in [0.4, 0.5) is 5.69 Å². The number of pyridine rings is 1. The smallest absolute Gasteiger partial charge is 0.213 e. The number of benzene rings is 1. The molecular weight excluding hydrogens is 228 g/mol. The summed E-state index contributed by atoms with van der Waals surface area (Å²) in [7, 11) is 0. The molecule has 0 saturated carbocycles. The molecule has 5 nitrogen and oxygen atoms in total. The van der Waals surface area contributed by atoms with Crippen molar-refractivity contribution in [3.63, 3.8) is 0 Å². The second-order valence-electron chi connectivity index (χ2n) is 3.77. The van der Waals surface area contributed by atoms with Crippen LogP contribution in [0.1, 0.15) is 21.6 Å². The maximum absolute atomic E-state index is 12.1. The quantitative estimate of drug-likeness (QED) is 0.425. The van der Waals surface area contributed by atoms with E-state index in [2.05, 4.69) is 4.98 Å². The van der Waals surface area contributed by atoms with Crippen LogP contribution in [0.5, 0.6) is 0 Å². The van der Waals surface area contributed by atoms with Crippen LogP contribution in [-0.4, -0.2) is 16.6 Å². The fraction of sp³-hybridized carbons (Fsp3) is 0. The minimum Gasteiger partial charge on any atom is -0.397 e. The van der Waals surface area contributed by atoms with E-state index < -0.39 is 0 Å². The lowest BCUT2D eigenvalue weighted by Crippen LogP contribution is -2.14. The van der Waals surface area contributed by atoms with E-state index in [1.54, 1.807) is 24.3 Å². The van der Waals surface area contributed by atoms with Crippen LogP contribution >= 0.6 is 0 Å². The zero-order valence-corrected chi connectivity index (χ0v) is 9.55. The van der Waals surface area contributed by atoms with Crippen molar-refractivity contribution in [3.05, 3.63) is 59.4 Å². The Morgan fingerprint density at radius 3 is 2.39 bits per heavy atom. The standard InChI is InChI=1S/C13H12N4O/c14-10-6-9(13(15)16)7-17-11(10)12(18)8-4-2-1-3-5-8/h1-7H,14H2,(H3,15,16). The average molecular weight is 240 g/mol. The molecule has 0 fully saturated rings. The summed E-state index contributed by atoms with van der Waals surface area (Å²) in [5, 5.41) is 7.27. The normalized spacial score (nSPS) is 10.0. The number of nitrogens with zero attached hydrogens (tertiary/aromatic N) is 1. The fourth-order valence-corrected chi connectivity index (χ4v) is 1.55. The van der Waals surface area contributed by atoms with Crippen LogP contribution in [-0.2, 0) is 0 Å². The van der Waals surface area contributed by atoms with E-state index >= 15 is 0 Å². The second kappa shape index (κ2) is 4.67. The molecule has 0 amide bonds. The van der Waals surface area contributed by atoms with Crippen molar-refractivity contribution in [1.82, 2.24) is 4.98 Å². The SMILES string of the molecule is N=C(N)c1cnc(C(=O)c2ccccc2)c(N)c1. The van der Waals surface area contributed by atoms with Gasteiger partial charge in [0, 0.05) is 17.3 Å². The van der Waals surface area contributed by atoms with Crippen LogP contribution in [0.25, 0.3) is 0 Å². The van der Waals surface area contributed by atoms with E-state index in [4.69, 9.17) is 16.9 Å². The minimum absolute atomic E-state index is 0.132. The van der Waals surface area contributed by atoms with Crippen LogP contribution in [0.3, 0.4) is 0 Å². The van der Waals surface area contributed by atoms with Gasteiger partial charge in [0.15, 0.2) is 0 Å². The van der Waals surface area contributed by atoms with E-state index in [9.17, 15) is 4.79 Å². The predicted molar refractivity (Wildman–Crippen MR) is 69.5 cm³/mol. The summed E-state index contributed by atoms with van der Waals surface area (Å²) < 4.78 is 0. The number of hydrogen-bond donors (Lipinski definition) is 3. The zero-order chi connectivity index (χ0) is 13.1.